The first kappa shape index (κ1) is 14.8. The Morgan fingerprint density at radius 3 is 2.84 bits per heavy atom. The van der Waals surface area contributed by atoms with Crippen molar-refractivity contribution in [1.82, 2.24) is 5.32 Å². The van der Waals surface area contributed by atoms with Crippen LogP contribution in [0.25, 0.3) is 0 Å². The fourth-order valence-electron chi connectivity index (χ4n) is 2.38. The van der Waals surface area contributed by atoms with Gasteiger partial charge < -0.3 is 15.0 Å². The maximum atomic E-state index is 5.07. The van der Waals surface area contributed by atoms with E-state index >= 15 is 0 Å². The molecule has 0 spiro atoms. The van der Waals surface area contributed by atoms with Gasteiger partial charge in [0.15, 0.2) is 0 Å². The fraction of sp³-hybridized carbons (Fsp3) is 0.600. The van der Waals surface area contributed by atoms with Crippen molar-refractivity contribution in [3.63, 3.8) is 0 Å². The highest BCUT2D eigenvalue weighted by Crippen LogP contribution is 2.34. The highest BCUT2D eigenvalue weighted by molar-refractivity contribution is 9.10. The Kier molecular flexibility index (Phi) is 5.67. The van der Waals surface area contributed by atoms with E-state index in [2.05, 4.69) is 51.3 Å². The number of ether oxygens (including phenoxy) is 1. The van der Waals surface area contributed by atoms with Gasteiger partial charge in [0.2, 0.25) is 0 Å². The number of halogens is 1. The molecule has 0 saturated heterocycles. The SMILES string of the molecule is CCN(c1ccc(Br)cc1CNCCOC)C1CC1. The maximum absolute atomic E-state index is 5.07. The molecule has 0 unspecified atom stereocenters. The third-order valence-corrected chi connectivity index (χ3v) is 3.97. The average molecular weight is 327 g/mol. The van der Waals surface area contributed by atoms with Crippen LogP contribution in [0.5, 0.6) is 0 Å². The lowest BCUT2D eigenvalue weighted by molar-refractivity contribution is 0.199. The summed E-state index contributed by atoms with van der Waals surface area (Å²) in [4.78, 5) is 2.53. The van der Waals surface area contributed by atoms with Crippen molar-refractivity contribution in [3.05, 3.63) is 28.2 Å². The van der Waals surface area contributed by atoms with Crippen LogP contribution in [0.4, 0.5) is 5.69 Å². The molecular weight excluding hydrogens is 304 g/mol. The molecule has 1 aliphatic carbocycles. The summed E-state index contributed by atoms with van der Waals surface area (Å²) in [6.07, 6.45) is 2.67. The van der Waals surface area contributed by atoms with Crippen LogP contribution in [0, 0.1) is 0 Å². The van der Waals surface area contributed by atoms with E-state index in [1.165, 1.54) is 24.1 Å². The molecule has 1 aliphatic rings. The molecule has 0 radical (unpaired) electrons. The van der Waals surface area contributed by atoms with Crippen molar-refractivity contribution in [2.24, 2.45) is 0 Å². The summed E-state index contributed by atoms with van der Waals surface area (Å²) in [5, 5.41) is 3.44. The quantitative estimate of drug-likeness (QED) is 0.742. The average Bonchev–Trinajstić information content (AvgIpc) is 3.22. The summed E-state index contributed by atoms with van der Waals surface area (Å²) in [6, 6.07) is 7.35. The first-order valence-electron chi connectivity index (χ1n) is 7.01. The second-order valence-corrected chi connectivity index (χ2v) is 5.88. The van der Waals surface area contributed by atoms with Gasteiger partial charge >= 0.3 is 0 Å². The largest absolute Gasteiger partial charge is 0.383 e. The first-order chi connectivity index (χ1) is 9.26. The zero-order chi connectivity index (χ0) is 13.7. The van der Waals surface area contributed by atoms with Gasteiger partial charge in [0.1, 0.15) is 0 Å². The van der Waals surface area contributed by atoms with Crippen LogP contribution in [0.2, 0.25) is 0 Å². The molecule has 0 aromatic heterocycles. The van der Waals surface area contributed by atoms with Crippen molar-refractivity contribution in [2.45, 2.75) is 32.4 Å². The minimum atomic E-state index is 0.753. The highest BCUT2D eigenvalue weighted by Gasteiger charge is 2.29. The second kappa shape index (κ2) is 7.27. The fourth-order valence-corrected chi connectivity index (χ4v) is 2.79. The highest BCUT2D eigenvalue weighted by atomic mass is 79.9. The predicted octanol–water partition coefficient (Wildman–Crippen LogP) is 3.17. The van der Waals surface area contributed by atoms with E-state index in [1.807, 2.05) is 0 Å². The lowest BCUT2D eigenvalue weighted by Gasteiger charge is -2.26. The summed E-state index contributed by atoms with van der Waals surface area (Å²) >= 11 is 3.57. The van der Waals surface area contributed by atoms with E-state index < -0.39 is 0 Å². The molecule has 0 atom stereocenters. The minimum absolute atomic E-state index is 0.753. The van der Waals surface area contributed by atoms with Crippen molar-refractivity contribution < 1.29 is 4.74 Å². The third kappa shape index (κ3) is 4.20. The molecular formula is C15H23BrN2O. The Bertz CT molecular complexity index is 407. The van der Waals surface area contributed by atoms with Gasteiger partial charge in [-0.05, 0) is 43.5 Å². The van der Waals surface area contributed by atoms with Crippen molar-refractivity contribution in [1.29, 1.82) is 0 Å². The van der Waals surface area contributed by atoms with Gasteiger partial charge in [-0.15, -0.1) is 0 Å². The van der Waals surface area contributed by atoms with Gasteiger partial charge in [0, 0.05) is 42.9 Å². The van der Waals surface area contributed by atoms with E-state index in [0.717, 1.165) is 36.8 Å². The molecule has 0 bridgehead atoms. The first-order valence-corrected chi connectivity index (χ1v) is 7.80. The Hall–Kier alpha value is -0.580. The van der Waals surface area contributed by atoms with Crippen LogP contribution >= 0.6 is 15.9 Å². The van der Waals surface area contributed by atoms with Crippen molar-refractivity contribution in [2.75, 3.05) is 31.7 Å². The third-order valence-electron chi connectivity index (χ3n) is 3.48. The normalized spacial score (nSPS) is 14.7. The van der Waals surface area contributed by atoms with Gasteiger partial charge in [0.05, 0.1) is 6.61 Å². The Balaban J connectivity index is 2.07. The van der Waals surface area contributed by atoms with Gasteiger partial charge in [-0.25, -0.2) is 0 Å². The number of nitrogens with zero attached hydrogens (tertiary/aromatic N) is 1. The molecule has 106 valence electrons. The molecule has 1 aromatic carbocycles. The minimum Gasteiger partial charge on any atom is -0.383 e. The van der Waals surface area contributed by atoms with Crippen molar-refractivity contribution in [3.8, 4) is 0 Å². The predicted molar refractivity (Wildman–Crippen MR) is 83.8 cm³/mol. The molecule has 19 heavy (non-hydrogen) atoms. The van der Waals surface area contributed by atoms with Crippen LogP contribution in [-0.4, -0.2) is 32.8 Å². The molecule has 3 nitrogen and oxygen atoms in total. The van der Waals surface area contributed by atoms with E-state index in [4.69, 9.17) is 4.74 Å². The summed E-state index contributed by atoms with van der Waals surface area (Å²) < 4.78 is 6.21. The maximum Gasteiger partial charge on any atom is 0.0587 e. The molecule has 4 heteroatoms. The van der Waals surface area contributed by atoms with Crippen LogP contribution < -0.4 is 10.2 Å². The van der Waals surface area contributed by atoms with Crippen LogP contribution in [0.1, 0.15) is 25.3 Å². The Labute approximate surface area is 124 Å². The summed E-state index contributed by atoms with van der Waals surface area (Å²) in [5.74, 6) is 0. The van der Waals surface area contributed by atoms with Crippen LogP contribution in [0.15, 0.2) is 22.7 Å². The van der Waals surface area contributed by atoms with Gasteiger partial charge in [-0.1, -0.05) is 15.9 Å². The molecule has 2 rings (SSSR count). The van der Waals surface area contributed by atoms with Crippen molar-refractivity contribution >= 4 is 21.6 Å². The topological polar surface area (TPSA) is 24.5 Å². The zero-order valence-electron chi connectivity index (χ0n) is 11.8. The van der Waals surface area contributed by atoms with E-state index in [9.17, 15) is 0 Å². The van der Waals surface area contributed by atoms with Gasteiger partial charge in [0.25, 0.3) is 0 Å². The van der Waals surface area contributed by atoms with E-state index in [0.29, 0.717) is 0 Å². The van der Waals surface area contributed by atoms with Gasteiger partial charge in [-0.2, -0.15) is 0 Å². The summed E-state index contributed by atoms with van der Waals surface area (Å²) in [6.45, 7) is 5.85. The monoisotopic (exact) mass is 326 g/mol. The van der Waals surface area contributed by atoms with Crippen LogP contribution in [-0.2, 0) is 11.3 Å². The standard InChI is InChI=1S/C15H23BrN2O/c1-3-18(14-5-6-14)15-7-4-13(16)10-12(15)11-17-8-9-19-2/h4,7,10,14,17H,3,5-6,8-9,11H2,1-2H3. The smallest absolute Gasteiger partial charge is 0.0587 e. The number of anilines is 1. The Morgan fingerprint density at radius 2 is 2.21 bits per heavy atom. The molecule has 0 amide bonds. The molecule has 0 heterocycles. The molecule has 1 N–H and O–H groups in total. The van der Waals surface area contributed by atoms with E-state index in [1.54, 1.807) is 7.11 Å². The molecule has 1 fully saturated rings. The second-order valence-electron chi connectivity index (χ2n) is 4.96. The summed E-state index contributed by atoms with van der Waals surface area (Å²) in [5.41, 5.74) is 2.73. The number of nitrogens with one attached hydrogen (secondary N) is 1. The number of hydrogen-bond donors (Lipinski definition) is 1. The van der Waals surface area contributed by atoms with E-state index in [-0.39, 0.29) is 0 Å². The number of hydrogen-bond acceptors (Lipinski definition) is 3. The number of methoxy groups -OCH3 is 1. The Morgan fingerprint density at radius 1 is 1.42 bits per heavy atom. The zero-order valence-corrected chi connectivity index (χ0v) is 13.4. The molecule has 1 aromatic rings. The lowest BCUT2D eigenvalue weighted by Crippen LogP contribution is -2.27. The van der Waals surface area contributed by atoms with Crippen LogP contribution in [0.3, 0.4) is 0 Å². The summed E-state index contributed by atoms with van der Waals surface area (Å²) in [7, 11) is 1.73. The number of benzene rings is 1. The lowest BCUT2D eigenvalue weighted by atomic mass is 10.1. The molecule has 0 aliphatic heterocycles. The molecule has 1 saturated carbocycles. The number of rotatable bonds is 8. The van der Waals surface area contributed by atoms with Gasteiger partial charge in [-0.3, -0.25) is 0 Å².